The van der Waals surface area contributed by atoms with Crippen molar-refractivity contribution in [1.29, 1.82) is 0 Å². The van der Waals surface area contributed by atoms with E-state index in [0.717, 1.165) is 16.3 Å². The molecule has 154 valence electrons. The highest BCUT2D eigenvalue weighted by Gasteiger charge is 2.33. The van der Waals surface area contributed by atoms with E-state index in [1.54, 1.807) is 18.2 Å². The first-order valence-corrected chi connectivity index (χ1v) is 9.79. The van der Waals surface area contributed by atoms with Gasteiger partial charge in [-0.15, -0.1) is 0 Å². The number of hydrogen-bond donors (Lipinski definition) is 0. The van der Waals surface area contributed by atoms with Crippen molar-refractivity contribution in [1.82, 2.24) is 9.13 Å². The zero-order valence-electron chi connectivity index (χ0n) is 16.2. The number of carbonyl (C=O) groups is 1. The van der Waals surface area contributed by atoms with Crippen LogP contribution in [0.25, 0.3) is 0 Å². The average molecular weight is 408 g/mol. The Kier molecular flexibility index (Phi) is 5.72. The topological polar surface area (TPSA) is 70.3 Å². The lowest BCUT2D eigenvalue weighted by molar-refractivity contribution is 0.0360. The predicted molar refractivity (Wildman–Crippen MR) is 109 cm³/mol. The van der Waals surface area contributed by atoms with Crippen LogP contribution in [0.3, 0.4) is 0 Å². The summed E-state index contributed by atoms with van der Waals surface area (Å²) in [6.45, 7) is 1.04. The smallest absolute Gasteiger partial charge is 0.338 e. The van der Waals surface area contributed by atoms with Crippen LogP contribution < -0.4 is 11.2 Å². The number of carbonyl (C=O) groups excluding carboxylic acids is 1. The van der Waals surface area contributed by atoms with E-state index in [0.29, 0.717) is 30.6 Å². The van der Waals surface area contributed by atoms with Crippen molar-refractivity contribution in [2.24, 2.45) is 5.92 Å². The van der Waals surface area contributed by atoms with Gasteiger partial charge in [-0.3, -0.25) is 14.2 Å². The lowest BCUT2D eigenvalue weighted by Crippen LogP contribution is -2.48. The van der Waals surface area contributed by atoms with Crippen LogP contribution in [-0.4, -0.2) is 21.6 Å². The molecule has 3 aromatic rings. The Labute approximate surface area is 172 Å². The fraction of sp³-hybridized carbons (Fsp3) is 0.261. The molecule has 0 saturated heterocycles. The zero-order valence-corrected chi connectivity index (χ0v) is 16.2. The van der Waals surface area contributed by atoms with E-state index in [2.05, 4.69) is 0 Å². The summed E-state index contributed by atoms with van der Waals surface area (Å²) in [5, 5.41) is 0. The quantitative estimate of drug-likeness (QED) is 0.629. The molecule has 0 atom stereocenters. The molecule has 0 amide bonds. The van der Waals surface area contributed by atoms with Gasteiger partial charge >= 0.3 is 5.69 Å². The van der Waals surface area contributed by atoms with E-state index in [-0.39, 0.29) is 17.5 Å². The highest BCUT2D eigenvalue weighted by molar-refractivity contribution is 5.95. The normalized spacial score (nSPS) is 18.0. The van der Waals surface area contributed by atoms with Gasteiger partial charge in [0, 0.05) is 18.2 Å². The molecular weight excluding hydrogens is 387 g/mol. The van der Waals surface area contributed by atoms with Gasteiger partial charge < -0.3 is 4.74 Å². The third-order valence-corrected chi connectivity index (χ3v) is 5.37. The molecule has 30 heavy (non-hydrogen) atoms. The molecule has 6 nitrogen and oxygen atoms in total. The standard InChI is InChI=1S/C23H21FN2O4/c24-20-13-25(19-11-17(12-19)15-30-14-16-7-3-1-4-8-16)23(29)26(22(20)28)21(27)18-9-5-2-6-10-18/h1-10,13,17,19H,11-12,14-15H2/t17-,19+. The third-order valence-electron chi connectivity index (χ3n) is 5.37. The van der Waals surface area contributed by atoms with Gasteiger partial charge in [0.2, 0.25) is 5.82 Å². The largest absolute Gasteiger partial charge is 0.376 e. The Morgan fingerprint density at radius 1 is 1.00 bits per heavy atom. The zero-order chi connectivity index (χ0) is 21.1. The Morgan fingerprint density at radius 2 is 1.63 bits per heavy atom. The fourth-order valence-electron chi connectivity index (χ4n) is 3.67. The summed E-state index contributed by atoms with van der Waals surface area (Å²) in [5.41, 5.74) is -0.816. The van der Waals surface area contributed by atoms with E-state index in [4.69, 9.17) is 4.74 Å². The van der Waals surface area contributed by atoms with E-state index >= 15 is 0 Å². The third kappa shape index (κ3) is 4.02. The lowest BCUT2D eigenvalue weighted by atomic mass is 9.80. The van der Waals surface area contributed by atoms with E-state index < -0.39 is 23.0 Å². The maximum atomic E-state index is 14.2. The van der Waals surface area contributed by atoms with Gasteiger partial charge in [-0.05, 0) is 36.5 Å². The van der Waals surface area contributed by atoms with Crippen LogP contribution in [0.4, 0.5) is 4.39 Å². The van der Waals surface area contributed by atoms with Crippen molar-refractivity contribution in [3.05, 3.63) is 105 Å². The van der Waals surface area contributed by atoms with Crippen LogP contribution in [0, 0.1) is 11.7 Å². The van der Waals surface area contributed by atoms with Crippen molar-refractivity contribution in [2.45, 2.75) is 25.5 Å². The number of benzene rings is 2. The molecule has 0 unspecified atom stereocenters. The van der Waals surface area contributed by atoms with E-state index in [1.807, 2.05) is 30.3 Å². The van der Waals surface area contributed by atoms with Crippen LogP contribution in [0.1, 0.15) is 34.8 Å². The van der Waals surface area contributed by atoms with Crippen LogP contribution in [0.2, 0.25) is 0 Å². The summed E-state index contributed by atoms with van der Waals surface area (Å²) in [5.74, 6) is -1.72. The molecule has 0 aliphatic heterocycles. The van der Waals surface area contributed by atoms with Gasteiger partial charge in [-0.25, -0.2) is 4.79 Å². The minimum Gasteiger partial charge on any atom is -0.376 e. The van der Waals surface area contributed by atoms with Gasteiger partial charge in [0.15, 0.2) is 0 Å². The monoisotopic (exact) mass is 408 g/mol. The molecule has 1 saturated carbocycles. The Hall–Kier alpha value is -3.32. The molecule has 1 fully saturated rings. The molecule has 7 heteroatoms. The molecule has 4 rings (SSSR count). The first-order valence-electron chi connectivity index (χ1n) is 9.79. The summed E-state index contributed by atoms with van der Waals surface area (Å²) in [7, 11) is 0. The molecule has 1 aromatic heterocycles. The Morgan fingerprint density at radius 3 is 2.30 bits per heavy atom. The lowest BCUT2D eigenvalue weighted by Gasteiger charge is -2.36. The van der Waals surface area contributed by atoms with Gasteiger partial charge in [0.25, 0.3) is 11.5 Å². The molecular formula is C23H21FN2O4. The molecule has 0 bridgehead atoms. The number of halogens is 1. The highest BCUT2D eigenvalue weighted by Crippen LogP contribution is 2.37. The van der Waals surface area contributed by atoms with Crippen LogP contribution in [0.5, 0.6) is 0 Å². The van der Waals surface area contributed by atoms with Gasteiger partial charge in [0.05, 0.1) is 12.8 Å². The highest BCUT2D eigenvalue weighted by atomic mass is 19.1. The summed E-state index contributed by atoms with van der Waals surface area (Å²) < 4.78 is 21.5. The second-order valence-electron chi connectivity index (χ2n) is 7.47. The first kappa shape index (κ1) is 20.0. The number of nitrogens with zero attached hydrogens (tertiary/aromatic N) is 2. The Balaban J connectivity index is 1.45. The van der Waals surface area contributed by atoms with Gasteiger partial charge in [-0.2, -0.15) is 8.96 Å². The van der Waals surface area contributed by atoms with E-state index in [9.17, 15) is 18.8 Å². The van der Waals surface area contributed by atoms with Crippen LogP contribution >= 0.6 is 0 Å². The maximum absolute atomic E-state index is 14.2. The first-order chi connectivity index (χ1) is 14.5. The number of rotatable bonds is 6. The van der Waals surface area contributed by atoms with Crippen molar-refractivity contribution >= 4 is 5.91 Å². The van der Waals surface area contributed by atoms with Crippen molar-refractivity contribution in [2.75, 3.05) is 6.61 Å². The number of hydrogen-bond acceptors (Lipinski definition) is 4. The number of aromatic nitrogens is 2. The molecule has 2 aromatic carbocycles. The van der Waals surface area contributed by atoms with Gasteiger partial charge in [0.1, 0.15) is 0 Å². The maximum Gasteiger partial charge on any atom is 0.338 e. The SMILES string of the molecule is O=C(c1ccccc1)n1c(=O)c(F)cn([C@H]2C[C@@H](COCc3ccccc3)C2)c1=O. The fourth-order valence-corrected chi connectivity index (χ4v) is 3.67. The molecule has 1 aliphatic rings. The summed E-state index contributed by atoms with van der Waals surface area (Å²) in [6.07, 6.45) is 2.14. The number of ether oxygens (including phenoxy) is 1. The van der Waals surface area contributed by atoms with Gasteiger partial charge in [-0.1, -0.05) is 48.5 Å². The predicted octanol–water partition coefficient (Wildman–Crippen LogP) is 3.01. The van der Waals surface area contributed by atoms with Crippen LogP contribution in [0.15, 0.2) is 76.4 Å². The molecule has 0 radical (unpaired) electrons. The second-order valence-corrected chi connectivity index (χ2v) is 7.47. The van der Waals surface area contributed by atoms with Crippen molar-refractivity contribution in [3.63, 3.8) is 0 Å². The summed E-state index contributed by atoms with van der Waals surface area (Å²) in [4.78, 5) is 37.6. The Bertz CT molecular complexity index is 1150. The summed E-state index contributed by atoms with van der Waals surface area (Å²) >= 11 is 0. The summed E-state index contributed by atoms with van der Waals surface area (Å²) in [6, 6.07) is 17.4. The molecule has 0 spiro atoms. The minimum absolute atomic E-state index is 0.148. The minimum atomic E-state index is -1.23. The van der Waals surface area contributed by atoms with Crippen LogP contribution in [-0.2, 0) is 11.3 Å². The second kappa shape index (κ2) is 8.59. The average Bonchev–Trinajstić information content (AvgIpc) is 2.74. The molecule has 1 aliphatic carbocycles. The molecule has 1 heterocycles. The van der Waals surface area contributed by atoms with E-state index in [1.165, 1.54) is 12.1 Å². The molecule has 0 N–H and O–H groups in total. The van der Waals surface area contributed by atoms with Crippen molar-refractivity contribution < 1.29 is 13.9 Å². The van der Waals surface area contributed by atoms with Crippen molar-refractivity contribution in [3.8, 4) is 0 Å².